The predicted molar refractivity (Wildman–Crippen MR) is 253 cm³/mol. The molecule has 0 spiro atoms. The number of rotatable bonds is 17. The minimum absolute atomic E-state index is 0.0213. The molecule has 0 bridgehead atoms. The highest BCUT2D eigenvalue weighted by atomic mass is 32.1. The molecular formula is C46H56F2N13O6S+. The first-order valence-electron chi connectivity index (χ1n) is 22.7. The number of alkyl halides is 2. The summed E-state index contributed by atoms with van der Waals surface area (Å²) in [5, 5.41) is 24.5. The molecule has 0 saturated carbocycles. The maximum absolute atomic E-state index is 14.7. The van der Waals surface area contributed by atoms with Crippen LogP contribution in [0.2, 0.25) is 0 Å². The molecule has 360 valence electrons. The largest absolute Gasteiger partial charge is 0.383 e. The van der Waals surface area contributed by atoms with Crippen LogP contribution in [0.3, 0.4) is 0 Å². The van der Waals surface area contributed by atoms with Gasteiger partial charge in [0.2, 0.25) is 22.7 Å². The van der Waals surface area contributed by atoms with Gasteiger partial charge in [0, 0.05) is 113 Å². The van der Waals surface area contributed by atoms with Gasteiger partial charge in [-0.2, -0.15) is 15.5 Å². The van der Waals surface area contributed by atoms with Gasteiger partial charge >= 0.3 is 11.0 Å². The minimum Gasteiger partial charge on any atom is -0.383 e. The highest BCUT2D eigenvalue weighted by molar-refractivity contribution is 7.19. The second-order valence-electron chi connectivity index (χ2n) is 17.3. The van der Waals surface area contributed by atoms with Crippen LogP contribution in [0, 0.1) is 11.8 Å². The smallest absolute Gasteiger partial charge is 0.341 e. The Morgan fingerprint density at radius 1 is 1.01 bits per heavy atom. The van der Waals surface area contributed by atoms with E-state index < -0.39 is 12.3 Å². The van der Waals surface area contributed by atoms with Crippen LogP contribution >= 0.6 is 11.3 Å². The Balaban J connectivity index is 0.822. The van der Waals surface area contributed by atoms with Crippen molar-refractivity contribution in [2.24, 2.45) is 12.2 Å². The number of anilines is 5. The fourth-order valence-electron chi connectivity index (χ4n) is 9.17. The number of halogens is 2. The van der Waals surface area contributed by atoms with Crippen molar-refractivity contribution in [3.05, 3.63) is 81.3 Å². The van der Waals surface area contributed by atoms with E-state index in [9.17, 15) is 32.9 Å². The van der Waals surface area contributed by atoms with E-state index in [2.05, 4.69) is 51.0 Å². The number of nitroso groups, excluding NO2 is 1. The number of aryl methyl sites for hydroxylation is 3. The second-order valence-corrected chi connectivity index (χ2v) is 18.3. The molecule has 3 aliphatic heterocycles. The Morgan fingerprint density at radius 3 is 2.51 bits per heavy atom. The molecule has 68 heavy (non-hydrogen) atoms. The van der Waals surface area contributed by atoms with Crippen molar-refractivity contribution in [2.45, 2.75) is 71.9 Å². The third kappa shape index (κ3) is 10.9. The Hall–Kier alpha value is -6.65. The average Bonchev–Trinajstić information content (AvgIpc) is 4.03. The van der Waals surface area contributed by atoms with Gasteiger partial charge in [0.1, 0.15) is 5.69 Å². The molecule has 5 aromatic rings. The van der Waals surface area contributed by atoms with Gasteiger partial charge in [0.25, 0.3) is 6.43 Å². The van der Waals surface area contributed by atoms with Gasteiger partial charge in [-0.3, -0.25) is 28.6 Å². The summed E-state index contributed by atoms with van der Waals surface area (Å²) >= 11 is 1.01. The fourth-order valence-corrected chi connectivity index (χ4v) is 9.95. The van der Waals surface area contributed by atoms with Crippen LogP contribution in [-0.2, 0) is 45.6 Å². The van der Waals surface area contributed by atoms with Crippen molar-refractivity contribution in [1.82, 2.24) is 34.7 Å². The molecule has 19 nitrogen and oxygen atoms in total. The average molecular weight is 957 g/mol. The van der Waals surface area contributed by atoms with E-state index in [1.54, 1.807) is 62.2 Å². The Labute approximate surface area is 395 Å². The van der Waals surface area contributed by atoms with E-state index in [-0.39, 0.29) is 46.4 Å². The molecule has 8 rings (SSSR count). The number of fused-ring (bicyclic) bond motifs is 2. The number of nitrogens with one attached hydrogen (secondary N) is 5. The topological polar surface area (TPSA) is 215 Å². The highest BCUT2D eigenvalue weighted by Gasteiger charge is 2.35. The number of piperidine rings is 1. The molecule has 0 radical (unpaired) electrons. The zero-order valence-corrected chi connectivity index (χ0v) is 39.3. The van der Waals surface area contributed by atoms with Gasteiger partial charge in [-0.15, -0.1) is 4.91 Å². The maximum Gasteiger partial charge on any atom is 0.341 e. The standard InChI is InChI=1S/C46H55F2N13O6S/c1-27-45(56-66)68-46(52-27)54-44(65)34-8-7-32(21-38(34)53-28(2)62)49-12-18-67-19-13-50-41(64)26-58-15-9-33(10-16-58)61-39-11-17-59(29(3)63)25-37(39)43(55-61)60-14-5-6-30-20-35(31-23-51-57(4)24-31)36(42(47)48)22-40(30)60/h7-8,20-24,33,42,49H,5-6,9-19,25-26H2,1-4H3,(H,50,64)(H,53,62)(H,52,54,65)/p+1. The van der Waals surface area contributed by atoms with E-state index >= 15 is 0 Å². The number of H-pyrrole nitrogens is 1. The number of hydrogen-bond acceptors (Lipinski definition) is 13. The Bertz CT molecular complexity index is 2690. The molecule has 3 aromatic heterocycles. The first kappa shape index (κ1) is 47.8. The number of aromatic nitrogens is 5. The zero-order valence-electron chi connectivity index (χ0n) is 38.5. The normalized spacial score (nSPS) is 15.2. The summed E-state index contributed by atoms with van der Waals surface area (Å²) in [5.41, 5.74) is 6.51. The third-order valence-electron chi connectivity index (χ3n) is 12.5. The molecule has 0 unspecified atom stereocenters. The maximum atomic E-state index is 14.7. The quantitative estimate of drug-likeness (QED) is 0.0638. The van der Waals surface area contributed by atoms with Crippen molar-refractivity contribution < 1.29 is 37.7 Å². The van der Waals surface area contributed by atoms with Crippen LogP contribution in [0.1, 0.15) is 84.0 Å². The minimum atomic E-state index is -2.69. The molecule has 0 atom stereocenters. The van der Waals surface area contributed by atoms with Gasteiger partial charge in [0.15, 0.2) is 5.82 Å². The molecule has 1 saturated heterocycles. The zero-order chi connectivity index (χ0) is 48.1. The molecule has 5 N–H and O–H groups in total. The number of carbonyl (C=O) groups is 4. The molecule has 6 heterocycles. The van der Waals surface area contributed by atoms with Crippen LogP contribution in [0.4, 0.5) is 41.8 Å². The number of hydrogen-bond donors (Lipinski definition) is 4. The lowest BCUT2D eigenvalue weighted by atomic mass is 9.92. The fraction of sp³-hybridized carbons (Fsp3) is 0.457. The highest BCUT2D eigenvalue weighted by Crippen LogP contribution is 2.44. The summed E-state index contributed by atoms with van der Waals surface area (Å²) in [6.45, 7) is 9.19. The number of amides is 4. The summed E-state index contributed by atoms with van der Waals surface area (Å²) in [6.07, 6.45) is 4.41. The van der Waals surface area contributed by atoms with Crippen molar-refractivity contribution in [2.75, 3.05) is 79.9 Å². The van der Waals surface area contributed by atoms with Crippen LogP contribution in [0.15, 0.2) is 47.9 Å². The molecule has 3 aliphatic rings. The number of nitrogens with zero attached hydrogens (tertiary/aromatic N) is 8. The monoisotopic (exact) mass is 956 g/mol. The van der Waals surface area contributed by atoms with Crippen molar-refractivity contribution in [3.63, 3.8) is 0 Å². The first-order valence-corrected chi connectivity index (χ1v) is 23.5. The van der Waals surface area contributed by atoms with Crippen LogP contribution in [0.5, 0.6) is 0 Å². The molecule has 0 aliphatic carbocycles. The van der Waals surface area contributed by atoms with E-state index in [1.165, 1.54) is 6.92 Å². The Kier molecular flexibility index (Phi) is 14.8. The number of benzene rings is 2. The van der Waals surface area contributed by atoms with Gasteiger partial charge in [-0.05, 0) is 83.7 Å². The number of thiazole rings is 1. The molecule has 2 aromatic carbocycles. The first-order chi connectivity index (χ1) is 32.8. The molecule has 1 fully saturated rings. The van der Waals surface area contributed by atoms with Gasteiger partial charge < -0.3 is 30.5 Å². The van der Waals surface area contributed by atoms with Crippen molar-refractivity contribution in [3.8, 4) is 11.1 Å². The predicted octanol–water partition coefficient (Wildman–Crippen LogP) is 5.88. The summed E-state index contributed by atoms with van der Waals surface area (Å²) < 4.78 is 38.9. The number of aromatic amines is 1. The molecule has 22 heteroatoms. The van der Waals surface area contributed by atoms with E-state index in [4.69, 9.17) is 9.84 Å². The SMILES string of the molecule is CC(=O)Nc1cc(NCCOCCNC(=O)CN2CCC(n3nc(N4CCCc5cc(-c6cnn(C)c6)c(C(F)F)cc54)c4c3CCN(C(C)=O)C4)CC2)ccc1C(=O)Nc1[nH+]c(C)c(N=O)s1. The number of carbonyl (C=O) groups excluding carboxylic acids is 4. The lowest BCUT2D eigenvalue weighted by Gasteiger charge is -2.33. The van der Waals surface area contributed by atoms with Crippen LogP contribution < -0.4 is 31.2 Å². The molecule has 4 amide bonds. The molecular weight excluding hydrogens is 901 g/mol. The van der Waals surface area contributed by atoms with E-state index in [0.29, 0.717) is 105 Å². The lowest BCUT2D eigenvalue weighted by Crippen LogP contribution is -2.43. The lowest BCUT2D eigenvalue weighted by molar-refractivity contribution is -0.363. The van der Waals surface area contributed by atoms with E-state index in [1.807, 2.05) is 11.0 Å². The Morgan fingerprint density at radius 2 is 1.81 bits per heavy atom. The van der Waals surface area contributed by atoms with Crippen molar-refractivity contribution >= 4 is 68.0 Å². The van der Waals surface area contributed by atoms with Gasteiger partial charge in [-0.25, -0.2) is 18.6 Å². The third-order valence-corrected chi connectivity index (χ3v) is 13.5. The second kappa shape index (κ2) is 21.1. The van der Waals surface area contributed by atoms with Crippen LogP contribution in [-0.4, -0.2) is 112 Å². The number of likely N-dealkylation sites (tertiary alicyclic amines) is 1. The van der Waals surface area contributed by atoms with Crippen LogP contribution in [0.25, 0.3) is 11.1 Å². The van der Waals surface area contributed by atoms with E-state index in [0.717, 1.165) is 59.5 Å². The number of ether oxygens (including phenoxy) is 1. The summed E-state index contributed by atoms with van der Waals surface area (Å²) in [5.74, 6) is -0.241. The van der Waals surface area contributed by atoms with Gasteiger partial charge in [-0.1, -0.05) is 0 Å². The summed E-state index contributed by atoms with van der Waals surface area (Å²) in [7, 11) is 1.77. The summed E-state index contributed by atoms with van der Waals surface area (Å²) in [6, 6.07) is 8.50. The van der Waals surface area contributed by atoms with Crippen molar-refractivity contribution in [1.29, 1.82) is 0 Å². The van der Waals surface area contributed by atoms with Gasteiger partial charge in [0.05, 0.1) is 49.8 Å². The summed E-state index contributed by atoms with van der Waals surface area (Å²) in [4.78, 5) is 70.5.